The molecule has 1 fully saturated rings. The molecule has 0 aromatic heterocycles. The van der Waals surface area contributed by atoms with Crippen LogP contribution in [0, 0.1) is 5.92 Å². The number of hydrogen-bond donors (Lipinski definition) is 1. The zero-order valence-corrected chi connectivity index (χ0v) is 12.5. The van der Waals surface area contributed by atoms with Gasteiger partial charge in [-0.2, -0.15) is 0 Å². The number of amides is 1. The summed E-state index contributed by atoms with van der Waals surface area (Å²) in [5, 5.41) is 9.13. The highest BCUT2D eigenvalue weighted by atomic mass is 16.5. The van der Waals surface area contributed by atoms with E-state index < -0.39 is 11.9 Å². The second-order valence-corrected chi connectivity index (χ2v) is 6.03. The first-order valence-corrected chi connectivity index (χ1v) is 7.85. The summed E-state index contributed by atoms with van der Waals surface area (Å²) >= 11 is 0. The fourth-order valence-corrected chi connectivity index (χ4v) is 3.34. The lowest BCUT2D eigenvalue weighted by atomic mass is 9.94. The first-order valence-electron chi connectivity index (χ1n) is 7.85. The highest BCUT2D eigenvalue weighted by Gasteiger charge is 2.30. The van der Waals surface area contributed by atoms with E-state index in [2.05, 4.69) is 6.07 Å². The van der Waals surface area contributed by atoms with E-state index in [1.807, 2.05) is 18.2 Å². The van der Waals surface area contributed by atoms with Gasteiger partial charge in [0.1, 0.15) is 0 Å². The maximum atomic E-state index is 12.5. The van der Waals surface area contributed by atoms with Crippen molar-refractivity contribution < 1.29 is 19.4 Å². The lowest BCUT2D eigenvalue weighted by molar-refractivity contribution is -0.146. The number of fused-ring (bicyclic) bond motifs is 1. The van der Waals surface area contributed by atoms with Gasteiger partial charge in [-0.3, -0.25) is 9.59 Å². The van der Waals surface area contributed by atoms with Gasteiger partial charge in [0, 0.05) is 13.1 Å². The van der Waals surface area contributed by atoms with Crippen LogP contribution in [0.1, 0.15) is 36.5 Å². The minimum absolute atomic E-state index is 0.00680. The van der Waals surface area contributed by atoms with E-state index in [9.17, 15) is 9.59 Å². The van der Waals surface area contributed by atoms with Gasteiger partial charge in [0.25, 0.3) is 0 Å². The van der Waals surface area contributed by atoms with E-state index in [4.69, 9.17) is 9.84 Å². The number of benzene rings is 1. The van der Waals surface area contributed by atoms with Gasteiger partial charge in [-0.05, 0) is 30.4 Å². The first-order chi connectivity index (χ1) is 10.6. The van der Waals surface area contributed by atoms with Crippen LogP contribution in [-0.4, -0.2) is 41.6 Å². The van der Waals surface area contributed by atoms with E-state index in [0.29, 0.717) is 32.5 Å². The van der Waals surface area contributed by atoms with Crippen molar-refractivity contribution >= 4 is 11.9 Å². The van der Waals surface area contributed by atoms with E-state index >= 15 is 0 Å². The van der Waals surface area contributed by atoms with Gasteiger partial charge >= 0.3 is 5.97 Å². The summed E-state index contributed by atoms with van der Waals surface area (Å²) in [6.45, 7) is 1.60. The maximum Gasteiger partial charge on any atom is 0.308 e. The number of likely N-dealkylation sites (tertiary alicyclic amines) is 1. The van der Waals surface area contributed by atoms with Crippen LogP contribution < -0.4 is 0 Å². The summed E-state index contributed by atoms with van der Waals surface area (Å²) in [4.78, 5) is 25.3. The standard InChI is InChI=1S/C17H21NO4/c19-16(18-8-3-5-13(11-18)17(20)21)10-15-14-6-2-1-4-12(14)7-9-22-15/h1-2,4,6,13,15H,3,5,7-11H2,(H,20,21)/t13-,15-/m1/s1. The molecule has 0 spiro atoms. The molecule has 0 saturated carbocycles. The molecule has 0 aliphatic carbocycles. The van der Waals surface area contributed by atoms with Crippen LogP contribution in [0.3, 0.4) is 0 Å². The molecule has 1 amide bonds. The molecule has 1 saturated heterocycles. The molecule has 5 heteroatoms. The minimum atomic E-state index is -0.809. The Hall–Kier alpha value is -1.88. The molecule has 2 atom stereocenters. The highest BCUT2D eigenvalue weighted by Crippen LogP contribution is 2.30. The largest absolute Gasteiger partial charge is 0.481 e. The summed E-state index contributed by atoms with van der Waals surface area (Å²) in [6.07, 6.45) is 2.38. The monoisotopic (exact) mass is 303 g/mol. The predicted octanol–water partition coefficient (Wildman–Crippen LogP) is 2.01. The predicted molar refractivity (Wildman–Crippen MR) is 80.4 cm³/mol. The van der Waals surface area contributed by atoms with Gasteiger partial charge in [-0.1, -0.05) is 24.3 Å². The van der Waals surface area contributed by atoms with Crippen molar-refractivity contribution in [2.45, 2.75) is 31.8 Å². The van der Waals surface area contributed by atoms with Crippen LogP contribution in [0.2, 0.25) is 0 Å². The van der Waals surface area contributed by atoms with E-state index in [-0.39, 0.29) is 12.0 Å². The number of rotatable bonds is 3. The summed E-state index contributed by atoms with van der Waals surface area (Å²) in [5.74, 6) is -1.25. The smallest absolute Gasteiger partial charge is 0.308 e. The topological polar surface area (TPSA) is 66.8 Å². The Balaban J connectivity index is 1.66. The number of carboxylic acid groups (broad SMARTS) is 1. The van der Waals surface area contributed by atoms with Crippen LogP contribution in [0.15, 0.2) is 24.3 Å². The molecule has 2 heterocycles. The van der Waals surface area contributed by atoms with Gasteiger partial charge in [-0.25, -0.2) is 0 Å². The SMILES string of the molecule is O=C(O)[C@@H]1CCCN(C(=O)C[C@H]2OCCc3ccccc32)C1. The van der Waals surface area contributed by atoms with Gasteiger partial charge in [0.05, 0.1) is 25.0 Å². The van der Waals surface area contributed by atoms with Crippen LogP contribution >= 0.6 is 0 Å². The number of aliphatic carboxylic acids is 1. The Morgan fingerprint density at radius 2 is 2.14 bits per heavy atom. The second-order valence-electron chi connectivity index (χ2n) is 6.03. The fourth-order valence-electron chi connectivity index (χ4n) is 3.34. The number of carbonyl (C=O) groups is 2. The number of carboxylic acids is 1. The molecule has 5 nitrogen and oxygen atoms in total. The third kappa shape index (κ3) is 3.14. The molecule has 1 N–H and O–H groups in total. The van der Waals surface area contributed by atoms with Crippen molar-refractivity contribution in [1.29, 1.82) is 0 Å². The van der Waals surface area contributed by atoms with Gasteiger partial charge in [0.2, 0.25) is 5.91 Å². The van der Waals surface area contributed by atoms with Gasteiger partial charge in [0.15, 0.2) is 0 Å². The van der Waals surface area contributed by atoms with Crippen LogP contribution in [0.25, 0.3) is 0 Å². The minimum Gasteiger partial charge on any atom is -0.481 e. The Kier molecular flexibility index (Phi) is 4.43. The molecule has 22 heavy (non-hydrogen) atoms. The summed E-state index contributed by atoms with van der Waals surface area (Å²) < 4.78 is 5.78. The third-order valence-electron chi connectivity index (χ3n) is 4.58. The second kappa shape index (κ2) is 6.48. The molecule has 0 radical (unpaired) electrons. The van der Waals surface area contributed by atoms with E-state index in [1.54, 1.807) is 4.90 Å². The summed E-state index contributed by atoms with van der Waals surface area (Å²) in [6, 6.07) is 8.07. The lowest BCUT2D eigenvalue weighted by Crippen LogP contribution is -2.43. The van der Waals surface area contributed by atoms with Crippen molar-refractivity contribution in [3.8, 4) is 0 Å². The zero-order valence-electron chi connectivity index (χ0n) is 12.5. The summed E-state index contributed by atoms with van der Waals surface area (Å²) in [7, 11) is 0. The fraction of sp³-hybridized carbons (Fsp3) is 0.529. The van der Waals surface area contributed by atoms with Crippen molar-refractivity contribution in [3.05, 3.63) is 35.4 Å². The van der Waals surface area contributed by atoms with Gasteiger partial charge in [-0.15, -0.1) is 0 Å². The molecule has 2 aliphatic rings. The molecule has 3 rings (SSSR count). The molecule has 1 aromatic rings. The van der Waals surface area contributed by atoms with E-state index in [1.165, 1.54) is 5.56 Å². The number of piperidine rings is 1. The van der Waals surface area contributed by atoms with Crippen LogP contribution in [0.4, 0.5) is 0 Å². The molecule has 0 bridgehead atoms. The average molecular weight is 303 g/mol. The normalized spacial score (nSPS) is 24.6. The molecule has 118 valence electrons. The van der Waals surface area contributed by atoms with Gasteiger partial charge < -0.3 is 14.7 Å². The lowest BCUT2D eigenvalue weighted by Gasteiger charge is -2.33. The Bertz CT molecular complexity index is 572. The van der Waals surface area contributed by atoms with Crippen molar-refractivity contribution in [2.24, 2.45) is 5.92 Å². The average Bonchev–Trinajstić information content (AvgIpc) is 2.55. The maximum absolute atomic E-state index is 12.5. The Morgan fingerprint density at radius 3 is 2.95 bits per heavy atom. The first kappa shape index (κ1) is 15.0. The highest BCUT2D eigenvalue weighted by molar-refractivity contribution is 5.78. The number of nitrogens with zero attached hydrogens (tertiary/aromatic N) is 1. The summed E-state index contributed by atoms with van der Waals surface area (Å²) in [5.41, 5.74) is 2.34. The molecule has 2 aliphatic heterocycles. The van der Waals surface area contributed by atoms with E-state index in [0.717, 1.165) is 18.4 Å². The quantitative estimate of drug-likeness (QED) is 0.927. The van der Waals surface area contributed by atoms with Crippen LogP contribution in [-0.2, 0) is 20.7 Å². The molecule has 0 unspecified atom stereocenters. The number of hydrogen-bond acceptors (Lipinski definition) is 3. The molecular weight excluding hydrogens is 282 g/mol. The van der Waals surface area contributed by atoms with Crippen molar-refractivity contribution in [3.63, 3.8) is 0 Å². The van der Waals surface area contributed by atoms with Crippen LogP contribution in [0.5, 0.6) is 0 Å². The van der Waals surface area contributed by atoms with Crippen molar-refractivity contribution in [1.82, 2.24) is 4.90 Å². The zero-order chi connectivity index (χ0) is 15.5. The molecule has 1 aromatic carbocycles. The number of carbonyl (C=O) groups excluding carboxylic acids is 1. The van der Waals surface area contributed by atoms with Crippen molar-refractivity contribution in [2.75, 3.05) is 19.7 Å². The number of ether oxygens (including phenoxy) is 1. The third-order valence-corrected chi connectivity index (χ3v) is 4.58. The molecular formula is C17H21NO4. The Labute approximate surface area is 129 Å². The Morgan fingerprint density at radius 1 is 1.32 bits per heavy atom.